The number of aryl methyl sites for hydroxylation is 1. The Balaban J connectivity index is 3.14. The molecule has 0 aliphatic heterocycles. The lowest BCUT2D eigenvalue weighted by Gasteiger charge is -2.24. The molecule has 0 aliphatic carbocycles. The predicted molar refractivity (Wildman–Crippen MR) is 56.4 cm³/mol. The van der Waals surface area contributed by atoms with Crippen LogP contribution < -0.4 is 0 Å². The molecule has 1 aromatic carbocycles. The monoisotopic (exact) mass is 210 g/mol. The van der Waals surface area contributed by atoms with E-state index in [9.17, 15) is 9.18 Å². The van der Waals surface area contributed by atoms with Gasteiger partial charge in [-0.25, -0.2) is 4.39 Å². The molecule has 1 aromatic rings. The van der Waals surface area contributed by atoms with Crippen molar-refractivity contribution in [2.45, 2.75) is 32.6 Å². The van der Waals surface area contributed by atoms with Crippen LogP contribution in [0.15, 0.2) is 18.2 Å². The summed E-state index contributed by atoms with van der Waals surface area (Å²) in [5.41, 5.74) is 0.331. The molecule has 0 aliphatic rings. The van der Waals surface area contributed by atoms with Crippen LogP contribution in [0, 0.1) is 12.7 Å². The second-order valence-corrected chi connectivity index (χ2v) is 4.39. The van der Waals surface area contributed by atoms with E-state index in [1.165, 1.54) is 0 Å². The molecular formula is C12H15FO2. The summed E-state index contributed by atoms with van der Waals surface area (Å²) in [5, 5.41) is 8.75. The lowest BCUT2D eigenvalue weighted by molar-refractivity contribution is -0.138. The van der Waals surface area contributed by atoms with E-state index in [1.807, 2.05) is 0 Å². The van der Waals surface area contributed by atoms with Crippen LogP contribution in [0.25, 0.3) is 0 Å². The van der Waals surface area contributed by atoms with Gasteiger partial charge in [-0.3, -0.25) is 4.79 Å². The normalized spacial score (nSPS) is 11.5. The van der Waals surface area contributed by atoms with Gasteiger partial charge in [-0.2, -0.15) is 0 Å². The van der Waals surface area contributed by atoms with Gasteiger partial charge in [0, 0.05) is 5.41 Å². The van der Waals surface area contributed by atoms with Crippen molar-refractivity contribution in [2.24, 2.45) is 0 Å². The highest BCUT2D eigenvalue weighted by Gasteiger charge is 2.27. The quantitative estimate of drug-likeness (QED) is 0.832. The van der Waals surface area contributed by atoms with Gasteiger partial charge in [0.2, 0.25) is 0 Å². The third-order valence-corrected chi connectivity index (χ3v) is 2.51. The first-order valence-corrected chi connectivity index (χ1v) is 4.82. The zero-order valence-electron chi connectivity index (χ0n) is 9.17. The number of halogens is 1. The van der Waals surface area contributed by atoms with Crippen LogP contribution in [0.4, 0.5) is 4.39 Å². The number of aliphatic carboxylic acids is 1. The molecule has 2 nitrogen and oxygen atoms in total. The second-order valence-electron chi connectivity index (χ2n) is 4.39. The third-order valence-electron chi connectivity index (χ3n) is 2.51. The molecule has 82 valence electrons. The lowest BCUT2D eigenvalue weighted by Crippen LogP contribution is -2.23. The summed E-state index contributed by atoms with van der Waals surface area (Å²) in [6, 6.07) is 5.07. The van der Waals surface area contributed by atoms with E-state index in [0.717, 1.165) is 0 Å². The molecular weight excluding hydrogens is 195 g/mol. The molecule has 0 saturated heterocycles. The topological polar surface area (TPSA) is 37.3 Å². The van der Waals surface area contributed by atoms with Gasteiger partial charge in [0.15, 0.2) is 0 Å². The molecule has 15 heavy (non-hydrogen) atoms. The Morgan fingerprint density at radius 2 is 2.07 bits per heavy atom. The van der Waals surface area contributed by atoms with Crippen molar-refractivity contribution in [2.75, 3.05) is 0 Å². The Morgan fingerprint density at radius 3 is 2.60 bits per heavy atom. The number of carboxylic acid groups (broad SMARTS) is 1. The minimum atomic E-state index is -0.916. The average molecular weight is 210 g/mol. The number of rotatable bonds is 3. The number of hydrogen-bond acceptors (Lipinski definition) is 1. The van der Waals surface area contributed by atoms with Crippen LogP contribution in [0.5, 0.6) is 0 Å². The van der Waals surface area contributed by atoms with E-state index >= 15 is 0 Å². The van der Waals surface area contributed by atoms with Gasteiger partial charge in [-0.1, -0.05) is 32.0 Å². The Morgan fingerprint density at radius 1 is 1.47 bits per heavy atom. The van der Waals surface area contributed by atoms with Crippen LogP contribution >= 0.6 is 0 Å². The van der Waals surface area contributed by atoms with Gasteiger partial charge < -0.3 is 5.11 Å². The summed E-state index contributed by atoms with van der Waals surface area (Å²) in [7, 11) is 0. The van der Waals surface area contributed by atoms with Gasteiger partial charge >= 0.3 is 5.97 Å². The fraction of sp³-hybridized carbons (Fsp3) is 0.417. The first kappa shape index (κ1) is 11.7. The van der Waals surface area contributed by atoms with Gasteiger partial charge in [0.1, 0.15) is 5.82 Å². The summed E-state index contributed by atoms with van der Waals surface area (Å²) in [6.07, 6.45) is -0.0760. The van der Waals surface area contributed by atoms with Gasteiger partial charge in [0.25, 0.3) is 0 Å². The molecule has 3 heteroatoms. The summed E-state index contributed by atoms with van der Waals surface area (Å²) >= 11 is 0. The van der Waals surface area contributed by atoms with Crippen molar-refractivity contribution in [3.63, 3.8) is 0 Å². The van der Waals surface area contributed by atoms with E-state index < -0.39 is 11.4 Å². The third kappa shape index (κ3) is 2.55. The van der Waals surface area contributed by atoms with Gasteiger partial charge in [0.05, 0.1) is 6.42 Å². The molecule has 0 saturated carbocycles. The van der Waals surface area contributed by atoms with Crippen molar-refractivity contribution in [3.8, 4) is 0 Å². The summed E-state index contributed by atoms with van der Waals surface area (Å²) < 4.78 is 13.8. The van der Waals surface area contributed by atoms with Crippen molar-refractivity contribution < 1.29 is 14.3 Å². The molecule has 0 bridgehead atoms. The van der Waals surface area contributed by atoms with Crippen LogP contribution in [0.1, 0.15) is 31.4 Å². The highest BCUT2D eigenvalue weighted by atomic mass is 19.1. The van der Waals surface area contributed by atoms with Gasteiger partial charge in [-0.15, -0.1) is 0 Å². The maximum atomic E-state index is 13.8. The van der Waals surface area contributed by atoms with E-state index in [1.54, 1.807) is 39.0 Å². The Kier molecular flexibility index (Phi) is 3.12. The molecule has 1 N–H and O–H groups in total. The fourth-order valence-corrected chi connectivity index (χ4v) is 1.64. The highest BCUT2D eigenvalue weighted by molar-refractivity contribution is 5.69. The van der Waals surface area contributed by atoms with Crippen molar-refractivity contribution in [1.82, 2.24) is 0 Å². The molecule has 0 heterocycles. The molecule has 1 rings (SSSR count). The van der Waals surface area contributed by atoms with Gasteiger partial charge in [-0.05, 0) is 18.1 Å². The van der Waals surface area contributed by atoms with Crippen molar-refractivity contribution in [3.05, 3.63) is 35.1 Å². The zero-order valence-corrected chi connectivity index (χ0v) is 9.17. The maximum Gasteiger partial charge on any atom is 0.304 e. The standard InChI is InChI=1S/C12H15FO2/c1-8-5-4-6-9(11(8)13)12(2,3)7-10(14)15/h4-6H,7H2,1-3H3,(H,14,15). The van der Waals surface area contributed by atoms with E-state index in [4.69, 9.17) is 5.11 Å². The number of benzene rings is 1. The summed E-state index contributed by atoms with van der Waals surface area (Å²) in [6.45, 7) is 5.15. The second kappa shape index (κ2) is 4.01. The minimum absolute atomic E-state index is 0.0760. The molecule has 0 radical (unpaired) electrons. The Bertz CT molecular complexity index is 383. The SMILES string of the molecule is Cc1cccc(C(C)(C)CC(=O)O)c1F. The largest absolute Gasteiger partial charge is 0.481 e. The van der Waals surface area contributed by atoms with Crippen LogP contribution in [-0.2, 0) is 10.2 Å². The zero-order chi connectivity index (χ0) is 11.6. The van der Waals surface area contributed by atoms with Crippen molar-refractivity contribution in [1.29, 1.82) is 0 Å². The molecule has 0 amide bonds. The van der Waals surface area contributed by atoms with Crippen molar-refractivity contribution >= 4 is 5.97 Å². The number of carbonyl (C=O) groups is 1. The van der Waals surface area contributed by atoms with Crippen LogP contribution in [0.2, 0.25) is 0 Å². The van der Waals surface area contributed by atoms with E-state index in [2.05, 4.69) is 0 Å². The van der Waals surface area contributed by atoms with Crippen LogP contribution in [0.3, 0.4) is 0 Å². The molecule has 0 fully saturated rings. The lowest BCUT2D eigenvalue weighted by atomic mass is 9.80. The number of hydrogen-bond donors (Lipinski definition) is 1. The number of carboxylic acids is 1. The van der Waals surface area contributed by atoms with E-state index in [0.29, 0.717) is 11.1 Å². The average Bonchev–Trinajstić information content (AvgIpc) is 2.07. The molecule has 0 aromatic heterocycles. The first-order valence-electron chi connectivity index (χ1n) is 4.82. The minimum Gasteiger partial charge on any atom is -0.481 e. The fourth-order valence-electron chi connectivity index (χ4n) is 1.64. The smallest absolute Gasteiger partial charge is 0.304 e. The first-order chi connectivity index (χ1) is 6.84. The van der Waals surface area contributed by atoms with Crippen LogP contribution in [-0.4, -0.2) is 11.1 Å². The van der Waals surface area contributed by atoms with E-state index in [-0.39, 0.29) is 12.2 Å². The summed E-state index contributed by atoms with van der Waals surface area (Å²) in [5.74, 6) is -1.22. The maximum absolute atomic E-state index is 13.8. The molecule has 0 atom stereocenters. The molecule has 0 unspecified atom stereocenters. The predicted octanol–water partition coefficient (Wildman–Crippen LogP) is 2.89. The molecule has 0 spiro atoms. The highest BCUT2D eigenvalue weighted by Crippen LogP contribution is 2.30. The Labute approximate surface area is 88.7 Å². The Hall–Kier alpha value is -1.38. The summed E-state index contributed by atoms with van der Waals surface area (Å²) in [4.78, 5) is 10.7.